The molecule has 0 aliphatic carbocycles. The molecule has 0 atom stereocenters. The number of para-hydroxylation sites is 3. The van der Waals surface area contributed by atoms with Gasteiger partial charge in [0, 0.05) is 43.4 Å². The van der Waals surface area contributed by atoms with Gasteiger partial charge >= 0.3 is 0 Å². The third-order valence-electron chi connectivity index (χ3n) is 9.10. The normalized spacial score (nSPS) is 11.9. The first-order valence-electron chi connectivity index (χ1n) is 15.4. The quantitative estimate of drug-likeness (QED) is 0.206. The van der Waals surface area contributed by atoms with Crippen molar-refractivity contribution in [2.24, 2.45) is 0 Å². The lowest BCUT2D eigenvalue weighted by molar-refractivity contribution is 0.669. The molecule has 0 N–H and O–H groups in total. The van der Waals surface area contributed by atoms with Crippen molar-refractivity contribution in [2.45, 2.75) is 0 Å². The smallest absolute Gasteiger partial charge is 0.160 e. The third-order valence-corrected chi connectivity index (χ3v) is 9.10. The van der Waals surface area contributed by atoms with E-state index in [0.29, 0.717) is 5.82 Å². The average molecular weight is 589 g/mol. The summed E-state index contributed by atoms with van der Waals surface area (Å²) in [5.74, 6) is 0.682. The van der Waals surface area contributed by atoms with E-state index in [4.69, 9.17) is 18.8 Å². The fraction of sp³-hybridized carbons (Fsp3) is 0. The second-order valence-electron chi connectivity index (χ2n) is 11.7. The van der Waals surface area contributed by atoms with Crippen molar-refractivity contribution in [1.82, 2.24) is 9.97 Å². The Labute approximate surface area is 263 Å². The molecule has 3 heterocycles. The third kappa shape index (κ3) is 3.74. The summed E-state index contributed by atoms with van der Waals surface area (Å²) in [7, 11) is 0. The molecule has 46 heavy (non-hydrogen) atoms. The van der Waals surface area contributed by atoms with Gasteiger partial charge in [-0.2, -0.15) is 0 Å². The molecule has 0 bridgehead atoms. The van der Waals surface area contributed by atoms with Gasteiger partial charge in [0.05, 0.1) is 11.2 Å². The summed E-state index contributed by atoms with van der Waals surface area (Å²) < 4.78 is 12.7. The standard InChI is InChI=1S/C42H24N2O2/c1-4-13-35-33(11-1)40(34-12-7-8-26-20-23-32-30-10-3-6-15-37(30)46-41(32)39(26)34)44-42(43-35)27-18-16-25(17-19-27)28-21-22-31-29-9-2-5-14-36(29)45-38(31)24-28/h1-24H. The minimum atomic E-state index is 0.682. The van der Waals surface area contributed by atoms with E-state index in [2.05, 4.69) is 103 Å². The minimum absolute atomic E-state index is 0.682. The number of hydrogen-bond acceptors (Lipinski definition) is 4. The van der Waals surface area contributed by atoms with Crippen LogP contribution in [0, 0.1) is 0 Å². The molecule has 3 aromatic heterocycles. The molecule has 0 aliphatic rings. The van der Waals surface area contributed by atoms with Gasteiger partial charge in [-0.3, -0.25) is 0 Å². The minimum Gasteiger partial charge on any atom is -0.456 e. The lowest BCUT2D eigenvalue weighted by atomic mass is 9.97. The van der Waals surface area contributed by atoms with E-state index < -0.39 is 0 Å². The second kappa shape index (κ2) is 9.62. The van der Waals surface area contributed by atoms with E-state index in [1.165, 1.54) is 0 Å². The molecular formula is C42H24N2O2. The lowest BCUT2D eigenvalue weighted by Gasteiger charge is -2.12. The molecule has 10 aromatic rings. The highest BCUT2D eigenvalue weighted by Gasteiger charge is 2.18. The number of fused-ring (bicyclic) bond motifs is 9. The van der Waals surface area contributed by atoms with Crippen LogP contribution in [0.4, 0.5) is 0 Å². The highest BCUT2D eigenvalue weighted by atomic mass is 16.3. The molecule has 0 spiro atoms. The van der Waals surface area contributed by atoms with Crippen LogP contribution in [0.5, 0.6) is 0 Å². The summed E-state index contributed by atoms with van der Waals surface area (Å²) >= 11 is 0. The molecule has 0 saturated heterocycles. The first-order valence-corrected chi connectivity index (χ1v) is 15.4. The van der Waals surface area contributed by atoms with Crippen molar-refractivity contribution in [1.29, 1.82) is 0 Å². The number of rotatable bonds is 3. The Morgan fingerprint density at radius 1 is 0.413 bits per heavy atom. The SMILES string of the molecule is c1cc(-c2nc(-c3ccc(-c4ccc5c(c4)oc4ccccc45)cc3)nc3ccccc23)c2c(c1)ccc1c3ccccc3oc12. The van der Waals surface area contributed by atoms with Crippen LogP contribution in [0.1, 0.15) is 0 Å². The van der Waals surface area contributed by atoms with E-state index in [-0.39, 0.29) is 0 Å². The molecular weight excluding hydrogens is 564 g/mol. The van der Waals surface area contributed by atoms with Gasteiger partial charge in [0.25, 0.3) is 0 Å². The van der Waals surface area contributed by atoms with E-state index in [0.717, 1.165) is 93.5 Å². The Hall–Kier alpha value is -6.26. The molecule has 0 radical (unpaired) electrons. The first-order chi connectivity index (χ1) is 22.8. The number of aromatic nitrogens is 2. The van der Waals surface area contributed by atoms with Gasteiger partial charge < -0.3 is 8.83 Å². The Morgan fingerprint density at radius 3 is 1.91 bits per heavy atom. The van der Waals surface area contributed by atoms with Crippen molar-refractivity contribution in [3.63, 3.8) is 0 Å². The topological polar surface area (TPSA) is 52.1 Å². The lowest BCUT2D eigenvalue weighted by Crippen LogP contribution is -1.96. The predicted octanol–water partition coefficient (Wildman–Crippen LogP) is 11.6. The van der Waals surface area contributed by atoms with Crippen LogP contribution < -0.4 is 0 Å². The maximum absolute atomic E-state index is 6.50. The van der Waals surface area contributed by atoms with Crippen LogP contribution in [0.3, 0.4) is 0 Å². The zero-order valence-electron chi connectivity index (χ0n) is 24.6. The first kappa shape index (κ1) is 25.1. The molecule has 214 valence electrons. The second-order valence-corrected chi connectivity index (χ2v) is 11.7. The van der Waals surface area contributed by atoms with Gasteiger partial charge in [0.1, 0.15) is 22.3 Å². The molecule has 0 aliphatic heterocycles. The van der Waals surface area contributed by atoms with E-state index in [1.54, 1.807) is 0 Å². The summed E-state index contributed by atoms with van der Waals surface area (Å²) in [5, 5.41) is 7.65. The van der Waals surface area contributed by atoms with E-state index in [9.17, 15) is 0 Å². The monoisotopic (exact) mass is 588 g/mol. The number of furan rings is 2. The molecule has 4 nitrogen and oxygen atoms in total. The van der Waals surface area contributed by atoms with Crippen LogP contribution >= 0.6 is 0 Å². The summed E-state index contributed by atoms with van der Waals surface area (Å²) in [4.78, 5) is 10.3. The largest absolute Gasteiger partial charge is 0.456 e. The Balaban J connectivity index is 1.13. The fourth-order valence-electron chi connectivity index (χ4n) is 6.88. The van der Waals surface area contributed by atoms with Crippen molar-refractivity contribution >= 4 is 65.6 Å². The van der Waals surface area contributed by atoms with Crippen LogP contribution in [0.15, 0.2) is 154 Å². The maximum Gasteiger partial charge on any atom is 0.160 e. The van der Waals surface area contributed by atoms with Gasteiger partial charge in [-0.15, -0.1) is 0 Å². The summed E-state index contributed by atoms with van der Waals surface area (Å²) in [5.41, 5.74) is 9.52. The number of benzene rings is 7. The Kier molecular flexibility index (Phi) is 5.25. The van der Waals surface area contributed by atoms with Crippen LogP contribution in [0.2, 0.25) is 0 Å². The molecule has 10 rings (SSSR count). The van der Waals surface area contributed by atoms with Crippen molar-refractivity contribution in [3.05, 3.63) is 146 Å². The zero-order chi connectivity index (χ0) is 30.2. The fourth-order valence-corrected chi connectivity index (χ4v) is 6.88. The summed E-state index contributed by atoms with van der Waals surface area (Å²) in [6.07, 6.45) is 0. The van der Waals surface area contributed by atoms with Gasteiger partial charge in [0.2, 0.25) is 0 Å². The molecule has 4 heteroatoms. The van der Waals surface area contributed by atoms with Crippen molar-refractivity contribution < 1.29 is 8.83 Å². The van der Waals surface area contributed by atoms with Crippen molar-refractivity contribution in [2.75, 3.05) is 0 Å². The molecule has 7 aromatic carbocycles. The molecule has 0 saturated carbocycles. The Bertz CT molecular complexity index is 2810. The van der Waals surface area contributed by atoms with Crippen molar-refractivity contribution in [3.8, 4) is 33.8 Å². The van der Waals surface area contributed by atoms with Crippen LogP contribution in [-0.4, -0.2) is 9.97 Å². The molecule has 0 amide bonds. The van der Waals surface area contributed by atoms with Gasteiger partial charge in [-0.25, -0.2) is 9.97 Å². The molecule has 0 fully saturated rings. The predicted molar refractivity (Wildman–Crippen MR) is 188 cm³/mol. The highest BCUT2D eigenvalue weighted by molar-refractivity contribution is 6.20. The van der Waals surface area contributed by atoms with E-state index in [1.807, 2.05) is 42.5 Å². The average Bonchev–Trinajstić information content (AvgIpc) is 3.69. The maximum atomic E-state index is 6.50. The Morgan fingerprint density at radius 2 is 1.07 bits per heavy atom. The van der Waals surface area contributed by atoms with E-state index >= 15 is 0 Å². The summed E-state index contributed by atoms with van der Waals surface area (Å²) in [6.45, 7) is 0. The van der Waals surface area contributed by atoms with Crippen LogP contribution in [0.25, 0.3) is 99.3 Å². The highest BCUT2D eigenvalue weighted by Crippen LogP contribution is 2.41. The number of nitrogens with zero attached hydrogens (tertiary/aromatic N) is 2. The van der Waals surface area contributed by atoms with Gasteiger partial charge in [-0.1, -0.05) is 109 Å². The zero-order valence-corrected chi connectivity index (χ0v) is 24.6. The number of hydrogen-bond donors (Lipinski definition) is 0. The van der Waals surface area contributed by atoms with Gasteiger partial charge in [0.15, 0.2) is 5.82 Å². The van der Waals surface area contributed by atoms with Gasteiger partial charge in [-0.05, 0) is 52.9 Å². The summed E-state index contributed by atoms with van der Waals surface area (Å²) in [6, 6.07) is 50.2. The molecule has 0 unspecified atom stereocenters. The van der Waals surface area contributed by atoms with Crippen LogP contribution in [-0.2, 0) is 0 Å².